The second kappa shape index (κ2) is 10.7. The Labute approximate surface area is 185 Å². The van der Waals surface area contributed by atoms with Gasteiger partial charge in [-0.3, -0.25) is 9.69 Å². The lowest BCUT2D eigenvalue weighted by Crippen LogP contribution is -2.48. The van der Waals surface area contributed by atoms with Gasteiger partial charge in [0, 0.05) is 76.7 Å². The molecule has 3 heterocycles. The molecule has 2 fully saturated rings. The number of aromatic nitrogens is 1. The largest absolute Gasteiger partial charge is 0.353 e. The van der Waals surface area contributed by atoms with Crippen LogP contribution in [0.25, 0.3) is 0 Å². The molecule has 0 radical (unpaired) electrons. The first-order valence-electron chi connectivity index (χ1n) is 11.4. The summed E-state index contributed by atoms with van der Waals surface area (Å²) in [5.74, 6) is 0.844. The third-order valence-corrected chi connectivity index (χ3v) is 6.33. The number of benzene rings is 1. The predicted molar refractivity (Wildman–Crippen MR) is 125 cm³/mol. The zero-order chi connectivity index (χ0) is 21.5. The Morgan fingerprint density at radius 2 is 1.87 bits per heavy atom. The standard InChI is InChI=1S/C24H34N6O/c1-2-28-14-16-29(17-15-28)12-10-27-24(31)21-8-9-26-23(18-21)30-13-11-25-22(19-30)20-6-4-3-5-7-20/h3-9,18,22,25H,2,10-17,19H2,1H3,(H,27,31). The van der Waals surface area contributed by atoms with Gasteiger partial charge in [0.1, 0.15) is 5.82 Å². The first-order valence-corrected chi connectivity index (χ1v) is 11.4. The van der Waals surface area contributed by atoms with Crippen molar-refractivity contribution in [2.24, 2.45) is 0 Å². The first-order chi connectivity index (χ1) is 15.2. The lowest BCUT2D eigenvalue weighted by atomic mass is 10.0. The predicted octanol–water partition coefficient (Wildman–Crippen LogP) is 1.60. The molecule has 2 aliphatic heterocycles. The number of piperazine rings is 2. The van der Waals surface area contributed by atoms with Crippen molar-refractivity contribution in [1.29, 1.82) is 0 Å². The van der Waals surface area contributed by atoms with Crippen LogP contribution in [-0.2, 0) is 0 Å². The van der Waals surface area contributed by atoms with Crippen LogP contribution >= 0.6 is 0 Å². The molecule has 7 heteroatoms. The summed E-state index contributed by atoms with van der Waals surface area (Å²) >= 11 is 0. The molecule has 7 nitrogen and oxygen atoms in total. The van der Waals surface area contributed by atoms with Crippen molar-refractivity contribution in [3.63, 3.8) is 0 Å². The zero-order valence-electron chi connectivity index (χ0n) is 18.5. The van der Waals surface area contributed by atoms with Crippen LogP contribution in [0, 0.1) is 0 Å². The van der Waals surface area contributed by atoms with Gasteiger partial charge in [-0.1, -0.05) is 37.3 Å². The number of nitrogens with zero attached hydrogens (tertiary/aromatic N) is 4. The van der Waals surface area contributed by atoms with E-state index in [1.54, 1.807) is 12.3 Å². The molecule has 31 heavy (non-hydrogen) atoms. The highest BCUT2D eigenvalue weighted by Crippen LogP contribution is 2.21. The molecule has 0 aliphatic carbocycles. The number of carbonyl (C=O) groups is 1. The van der Waals surface area contributed by atoms with Crippen molar-refractivity contribution >= 4 is 11.7 Å². The molecular formula is C24H34N6O. The van der Waals surface area contributed by atoms with Gasteiger partial charge in [-0.2, -0.15) is 0 Å². The Morgan fingerprint density at radius 3 is 2.65 bits per heavy atom. The minimum Gasteiger partial charge on any atom is -0.353 e. The van der Waals surface area contributed by atoms with E-state index in [1.165, 1.54) is 5.56 Å². The molecule has 1 aromatic carbocycles. The highest BCUT2D eigenvalue weighted by Gasteiger charge is 2.22. The van der Waals surface area contributed by atoms with Crippen LogP contribution in [-0.4, -0.2) is 86.1 Å². The van der Waals surface area contributed by atoms with E-state index in [9.17, 15) is 4.79 Å². The molecule has 0 saturated carbocycles. The molecule has 2 aliphatic rings. The smallest absolute Gasteiger partial charge is 0.251 e. The van der Waals surface area contributed by atoms with E-state index in [2.05, 4.69) is 61.5 Å². The van der Waals surface area contributed by atoms with Crippen molar-refractivity contribution < 1.29 is 4.79 Å². The molecule has 1 atom stereocenters. The number of amides is 1. The average Bonchev–Trinajstić information content (AvgIpc) is 2.85. The summed E-state index contributed by atoms with van der Waals surface area (Å²) in [4.78, 5) is 24.4. The molecule has 166 valence electrons. The number of hydrogen-bond acceptors (Lipinski definition) is 6. The lowest BCUT2D eigenvalue weighted by molar-refractivity contribution is 0.0937. The Balaban J connectivity index is 1.30. The van der Waals surface area contributed by atoms with Gasteiger partial charge in [0.2, 0.25) is 0 Å². The normalized spacial score (nSPS) is 20.5. The van der Waals surface area contributed by atoms with Gasteiger partial charge < -0.3 is 20.4 Å². The monoisotopic (exact) mass is 422 g/mol. The maximum absolute atomic E-state index is 12.7. The quantitative estimate of drug-likeness (QED) is 0.707. The molecule has 1 unspecified atom stereocenters. The molecule has 0 spiro atoms. The molecule has 1 amide bonds. The van der Waals surface area contributed by atoms with E-state index in [1.807, 2.05) is 12.1 Å². The number of rotatable bonds is 7. The number of anilines is 1. The Hall–Kier alpha value is -2.48. The van der Waals surface area contributed by atoms with Crippen molar-refractivity contribution in [1.82, 2.24) is 25.4 Å². The highest BCUT2D eigenvalue weighted by molar-refractivity contribution is 5.94. The van der Waals surface area contributed by atoms with Gasteiger partial charge in [-0.25, -0.2) is 4.98 Å². The number of pyridine rings is 1. The third-order valence-electron chi connectivity index (χ3n) is 6.33. The minimum absolute atomic E-state index is 0.0226. The van der Waals surface area contributed by atoms with E-state index in [0.717, 1.165) is 64.7 Å². The van der Waals surface area contributed by atoms with Crippen molar-refractivity contribution in [3.8, 4) is 0 Å². The summed E-state index contributed by atoms with van der Waals surface area (Å²) in [6.07, 6.45) is 1.74. The summed E-state index contributed by atoms with van der Waals surface area (Å²) in [7, 11) is 0. The van der Waals surface area contributed by atoms with Crippen molar-refractivity contribution in [2.45, 2.75) is 13.0 Å². The number of nitrogens with one attached hydrogen (secondary N) is 2. The Kier molecular flexibility index (Phi) is 7.51. The third kappa shape index (κ3) is 5.81. The molecule has 0 bridgehead atoms. The van der Waals surface area contributed by atoms with Gasteiger partial charge in [-0.15, -0.1) is 0 Å². The molecule has 2 aromatic rings. The maximum Gasteiger partial charge on any atom is 0.251 e. The molecule has 1 aromatic heterocycles. The van der Waals surface area contributed by atoms with E-state index in [4.69, 9.17) is 0 Å². The lowest BCUT2D eigenvalue weighted by Gasteiger charge is -2.35. The zero-order valence-corrected chi connectivity index (χ0v) is 18.5. The first kappa shape index (κ1) is 21.7. The summed E-state index contributed by atoms with van der Waals surface area (Å²) in [5, 5.41) is 6.66. The molecular weight excluding hydrogens is 388 g/mol. The number of carbonyl (C=O) groups excluding carboxylic acids is 1. The van der Waals surface area contributed by atoms with E-state index in [-0.39, 0.29) is 11.9 Å². The van der Waals surface area contributed by atoms with E-state index in [0.29, 0.717) is 12.1 Å². The topological polar surface area (TPSA) is 63.7 Å². The van der Waals surface area contributed by atoms with Crippen LogP contribution in [0.2, 0.25) is 0 Å². The van der Waals surface area contributed by atoms with Crippen LogP contribution in [0.3, 0.4) is 0 Å². The van der Waals surface area contributed by atoms with Crippen molar-refractivity contribution in [3.05, 3.63) is 59.8 Å². The SMILES string of the molecule is CCN1CCN(CCNC(=O)c2ccnc(N3CCNC(c4ccccc4)C3)c2)CC1. The summed E-state index contributed by atoms with van der Waals surface area (Å²) in [5.41, 5.74) is 1.96. The Bertz CT molecular complexity index is 837. The molecule has 2 N–H and O–H groups in total. The van der Waals surface area contributed by atoms with E-state index >= 15 is 0 Å². The fourth-order valence-electron chi connectivity index (χ4n) is 4.36. The number of hydrogen-bond donors (Lipinski definition) is 2. The second-order valence-electron chi connectivity index (χ2n) is 8.30. The highest BCUT2D eigenvalue weighted by atomic mass is 16.1. The summed E-state index contributed by atoms with van der Waals surface area (Å²) in [6.45, 7) is 11.9. The molecule has 2 saturated heterocycles. The number of likely N-dealkylation sites (N-methyl/N-ethyl adjacent to an activating group) is 1. The fourth-order valence-corrected chi connectivity index (χ4v) is 4.36. The average molecular weight is 423 g/mol. The second-order valence-corrected chi connectivity index (χ2v) is 8.30. The van der Waals surface area contributed by atoms with Gasteiger partial charge in [0.15, 0.2) is 0 Å². The van der Waals surface area contributed by atoms with Crippen LogP contribution in [0.15, 0.2) is 48.7 Å². The van der Waals surface area contributed by atoms with Gasteiger partial charge >= 0.3 is 0 Å². The van der Waals surface area contributed by atoms with Crippen LogP contribution in [0.5, 0.6) is 0 Å². The maximum atomic E-state index is 12.7. The minimum atomic E-state index is -0.0226. The fraction of sp³-hybridized carbons (Fsp3) is 0.500. The summed E-state index contributed by atoms with van der Waals surface area (Å²) < 4.78 is 0. The Morgan fingerprint density at radius 1 is 1.10 bits per heavy atom. The van der Waals surface area contributed by atoms with Gasteiger partial charge in [0.05, 0.1) is 0 Å². The summed E-state index contributed by atoms with van der Waals surface area (Å²) in [6, 6.07) is 14.5. The van der Waals surface area contributed by atoms with Gasteiger partial charge in [-0.05, 0) is 24.2 Å². The van der Waals surface area contributed by atoms with Crippen LogP contribution in [0.4, 0.5) is 5.82 Å². The van der Waals surface area contributed by atoms with Crippen LogP contribution in [0.1, 0.15) is 28.9 Å². The van der Waals surface area contributed by atoms with Gasteiger partial charge in [0.25, 0.3) is 5.91 Å². The molecule has 4 rings (SSSR count). The van der Waals surface area contributed by atoms with Crippen LogP contribution < -0.4 is 15.5 Å². The van der Waals surface area contributed by atoms with E-state index < -0.39 is 0 Å². The van der Waals surface area contributed by atoms with Crippen molar-refractivity contribution in [2.75, 3.05) is 70.3 Å².